The number of nitro groups is 1. The van der Waals surface area contributed by atoms with Crippen molar-refractivity contribution < 1.29 is 24.3 Å². The second-order valence-electron chi connectivity index (χ2n) is 5.01. The zero-order chi connectivity index (χ0) is 15.1. The van der Waals surface area contributed by atoms with Gasteiger partial charge >= 0.3 is 0 Å². The molecule has 1 aliphatic rings. The number of rotatable bonds is 2. The van der Waals surface area contributed by atoms with Crippen molar-refractivity contribution in [1.29, 1.82) is 0 Å². The molecule has 0 aromatic carbocycles. The van der Waals surface area contributed by atoms with Gasteiger partial charge in [0, 0.05) is 6.20 Å². The van der Waals surface area contributed by atoms with Crippen molar-refractivity contribution >= 4 is 5.69 Å². The maximum absolute atomic E-state index is 14.3. The fourth-order valence-corrected chi connectivity index (χ4v) is 2.20. The third-order valence-corrected chi connectivity index (χ3v) is 3.70. The Morgan fingerprint density at radius 2 is 2.25 bits per heavy atom. The zero-order valence-corrected chi connectivity index (χ0v) is 10.9. The number of aromatic nitrogens is 1. The molecule has 0 radical (unpaired) electrons. The van der Waals surface area contributed by atoms with Crippen LogP contribution in [0.15, 0.2) is 18.5 Å². The highest BCUT2D eigenvalue weighted by atomic mass is 19.1. The Bertz CT molecular complexity index is 524. The fraction of sp³-hybridized carbons (Fsp3) is 0.583. The highest BCUT2D eigenvalue weighted by molar-refractivity contribution is 5.39. The quantitative estimate of drug-likeness (QED) is 0.618. The van der Waals surface area contributed by atoms with E-state index in [1.807, 2.05) is 0 Å². The molecule has 0 unspecified atom stereocenters. The van der Waals surface area contributed by atoms with Crippen LogP contribution >= 0.6 is 0 Å². The Morgan fingerprint density at radius 1 is 1.60 bits per heavy atom. The molecular weight excluding hydrogens is 271 g/mol. The molecule has 1 aliphatic heterocycles. The first-order chi connectivity index (χ1) is 9.26. The Morgan fingerprint density at radius 3 is 2.85 bits per heavy atom. The molecule has 1 aromatic heterocycles. The van der Waals surface area contributed by atoms with Crippen LogP contribution in [-0.2, 0) is 4.74 Å². The molecule has 110 valence electrons. The summed E-state index contributed by atoms with van der Waals surface area (Å²) in [6, 6.07) is 1.27. The molecule has 2 heterocycles. The Labute approximate surface area is 114 Å². The van der Waals surface area contributed by atoms with Gasteiger partial charge in [0.25, 0.3) is 5.69 Å². The zero-order valence-electron chi connectivity index (χ0n) is 10.9. The van der Waals surface area contributed by atoms with Crippen molar-refractivity contribution in [2.24, 2.45) is 0 Å². The predicted molar refractivity (Wildman–Crippen MR) is 65.7 cm³/mol. The minimum Gasteiger partial charge on any atom is -0.387 e. The van der Waals surface area contributed by atoms with E-state index < -0.39 is 35.0 Å². The summed E-state index contributed by atoms with van der Waals surface area (Å²) in [5.74, 6) is 0. The van der Waals surface area contributed by atoms with E-state index in [1.54, 1.807) is 0 Å². The number of alkyl halides is 1. The predicted octanol–water partition coefficient (Wildman–Crippen LogP) is 0.900. The van der Waals surface area contributed by atoms with Crippen LogP contribution < -0.4 is 0 Å². The first-order valence-electron chi connectivity index (χ1n) is 6.05. The van der Waals surface area contributed by atoms with E-state index in [9.17, 15) is 24.7 Å². The number of halogens is 1. The monoisotopic (exact) mass is 286 g/mol. The lowest BCUT2D eigenvalue weighted by Crippen LogP contribution is -2.59. The van der Waals surface area contributed by atoms with Gasteiger partial charge in [0.2, 0.25) is 0 Å². The Balaban J connectivity index is 2.42. The summed E-state index contributed by atoms with van der Waals surface area (Å²) < 4.78 is 19.6. The van der Waals surface area contributed by atoms with Gasteiger partial charge in [-0.2, -0.15) is 0 Å². The molecule has 1 saturated heterocycles. The minimum atomic E-state index is -1.98. The first kappa shape index (κ1) is 14.8. The third kappa shape index (κ3) is 2.26. The molecule has 7 nitrogen and oxygen atoms in total. The van der Waals surface area contributed by atoms with Crippen LogP contribution in [0.3, 0.4) is 0 Å². The van der Waals surface area contributed by atoms with Crippen molar-refractivity contribution in [3.05, 3.63) is 34.1 Å². The molecular formula is C12H15FN2O5. The first-order valence-corrected chi connectivity index (χ1v) is 6.05. The molecule has 1 aromatic rings. The third-order valence-electron chi connectivity index (χ3n) is 3.70. The van der Waals surface area contributed by atoms with Gasteiger partial charge in [-0.25, -0.2) is 4.39 Å². The van der Waals surface area contributed by atoms with Crippen molar-refractivity contribution in [1.82, 2.24) is 4.98 Å². The molecule has 0 spiro atoms. The van der Waals surface area contributed by atoms with Crippen LogP contribution in [0.25, 0.3) is 0 Å². The highest BCUT2D eigenvalue weighted by Crippen LogP contribution is 2.41. The number of nitrogens with zero attached hydrogens (tertiary/aromatic N) is 2. The molecule has 8 heteroatoms. The summed E-state index contributed by atoms with van der Waals surface area (Å²) in [7, 11) is 0. The number of hydrogen-bond acceptors (Lipinski definition) is 6. The molecule has 5 atom stereocenters. The number of hydrogen-bond donors (Lipinski definition) is 2. The standard InChI is InChI=1S/C12H15FN2O5/c1-6-12(2,17)11(16)9(13)10(20-6)7-3-4-14-5-8(7)15(18)19/h3-6,9-11,16-17H,1-2H3/t6-,9+,10+,11-,12-/m1/s1. The van der Waals surface area contributed by atoms with Crippen LogP contribution in [0, 0.1) is 10.1 Å². The van der Waals surface area contributed by atoms with E-state index in [1.165, 1.54) is 26.1 Å². The Hall–Kier alpha value is -1.64. The van der Waals surface area contributed by atoms with Gasteiger partial charge in [-0.3, -0.25) is 15.1 Å². The lowest BCUT2D eigenvalue weighted by molar-refractivity contribution is -0.387. The van der Waals surface area contributed by atoms with Crippen LogP contribution in [0.4, 0.5) is 10.1 Å². The number of pyridine rings is 1. The average molecular weight is 286 g/mol. The summed E-state index contributed by atoms with van der Waals surface area (Å²) in [6.45, 7) is 2.72. The van der Waals surface area contributed by atoms with Gasteiger partial charge in [0.05, 0.1) is 16.6 Å². The summed E-state index contributed by atoms with van der Waals surface area (Å²) in [5, 5.41) is 30.7. The molecule has 20 heavy (non-hydrogen) atoms. The molecule has 0 aliphatic carbocycles. The summed E-state index contributed by atoms with van der Waals surface area (Å²) in [4.78, 5) is 13.9. The average Bonchev–Trinajstić information content (AvgIpc) is 2.41. The minimum absolute atomic E-state index is 0.0149. The molecule has 2 rings (SSSR count). The lowest BCUT2D eigenvalue weighted by atomic mass is 9.83. The second-order valence-corrected chi connectivity index (χ2v) is 5.01. The van der Waals surface area contributed by atoms with E-state index in [0.29, 0.717) is 0 Å². The smallest absolute Gasteiger partial charge is 0.293 e. The van der Waals surface area contributed by atoms with E-state index >= 15 is 0 Å². The summed E-state index contributed by atoms with van der Waals surface area (Å²) >= 11 is 0. The van der Waals surface area contributed by atoms with Gasteiger partial charge in [0.15, 0.2) is 6.17 Å². The second kappa shape index (κ2) is 5.04. The van der Waals surface area contributed by atoms with Gasteiger partial charge in [-0.1, -0.05) is 0 Å². The van der Waals surface area contributed by atoms with Crippen LogP contribution in [0.2, 0.25) is 0 Å². The maximum atomic E-state index is 14.3. The van der Waals surface area contributed by atoms with Crippen molar-refractivity contribution in [2.75, 3.05) is 0 Å². The van der Waals surface area contributed by atoms with E-state index in [4.69, 9.17) is 4.74 Å². The van der Waals surface area contributed by atoms with Crippen LogP contribution in [0.5, 0.6) is 0 Å². The van der Waals surface area contributed by atoms with Crippen molar-refractivity contribution in [2.45, 2.75) is 43.9 Å². The molecule has 2 N–H and O–H groups in total. The number of ether oxygens (including phenoxy) is 1. The van der Waals surface area contributed by atoms with Crippen molar-refractivity contribution in [3.63, 3.8) is 0 Å². The van der Waals surface area contributed by atoms with E-state index in [0.717, 1.165) is 6.20 Å². The lowest BCUT2D eigenvalue weighted by Gasteiger charge is -2.44. The molecule has 0 amide bonds. The van der Waals surface area contributed by atoms with Gasteiger partial charge in [-0.15, -0.1) is 0 Å². The Kier molecular flexibility index (Phi) is 3.72. The number of aliphatic hydroxyl groups is 2. The fourth-order valence-electron chi connectivity index (χ4n) is 2.20. The topological polar surface area (TPSA) is 106 Å². The highest BCUT2D eigenvalue weighted by Gasteiger charge is 2.52. The van der Waals surface area contributed by atoms with Gasteiger partial charge in [-0.05, 0) is 19.9 Å². The van der Waals surface area contributed by atoms with Gasteiger partial charge in [0.1, 0.15) is 24.0 Å². The van der Waals surface area contributed by atoms with Crippen LogP contribution in [-0.4, -0.2) is 44.1 Å². The number of aliphatic hydroxyl groups excluding tert-OH is 1. The largest absolute Gasteiger partial charge is 0.387 e. The van der Waals surface area contributed by atoms with Crippen molar-refractivity contribution in [3.8, 4) is 0 Å². The summed E-state index contributed by atoms with van der Waals surface area (Å²) in [6.07, 6.45) is -3.63. The molecule has 0 saturated carbocycles. The maximum Gasteiger partial charge on any atom is 0.293 e. The molecule has 1 fully saturated rings. The molecule has 0 bridgehead atoms. The van der Waals surface area contributed by atoms with E-state index in [-0.39, 0.29) is 11.3 Å². The van der Waals surface area contributed by atoms with Crippen LogP contribution in [0.1, 0.15) is 25.5 Å². The SMILES string of the molecule is C[C@H]1O[C@@H](c2ccncc2[N+](=O)[O-])[C@H](F)[C@@H](O)[C@]1(C)O. The van der Waals surface area contributed by atoms with Gasteiger partial charge < -0.3 is 14.9 Å². The summed E-state index contributed by atoms with van der Waals surface area (Å²) in [5.41, 5.74) is -2.17. The normalized spacial score (nSPS) is 37.6. The van der Waals surface area contributed by atoms with E-state index in [2.05, 4.69) is 4.98 Å².